The molecule has 5 heteroatoms. The third-order valence-corrected chi connectivity index (χ3v) is 3.93. The van der Waals surface area contributed by atoms with Crippen LogP contribution in [0.25, 0.3) is 0 Å². The highest BCUT2D eigenvalue weighted by atomic mass is 16.2. The van der Waals surface area contributed by atoms with Gasteiger partial charge in [0.05, 0.1) is 11.3 Å². The number of hydrogen-bond acceptors (Lipinski definition) is 4. The van der Waals surface area contributed by atoms with Gasteiger partial charge >= 0.3 is 0 Å². The summed E-state index contributed by atoms with van der Waals surface area (Å²) in [5, 5.41) is 0. The standard InChI is InChI=1S/C16H18N4O/c1-5-20-13-9-10(2)11(3)18-15(13)19(4)16(21)12-7-6-8-17-14(12)20/h6-9H,5H2,1-4H3. The van der Waals surface area contributed by atoms with E-state index in [4.69, 9.17) is 0 Å². The molecule has 0 aromatic carbocycles. The average molecular weight is 282 g/mol. The highest BCUT2D eigenvalue weighted by molar-refractivity contribution is 6.12. The fraction of sp³-hybridized carbons (Fsp3) is 0.312. The van der Waals surface area contributed by atoms with E-state index in [9.17, 15) is 4.79 Å². The highest BCUT2D eigenvalue weighted by Gasteiger charge is 2.30. The van der Waals surface area contributed by atoms with Gasteiger partial charge in [-0.1, -0.05) is 0 Å². The minimum atomic E-state index is -0.0777. The molecule has 0 radical (unpaired) electrons. The maximum Gasteiger partial charge on any atom is 0.262 e. The van der Waals surface area contributed by atoms with E-state index < -0.39 is 0 Å². The number of nitrogens with zero attached hydrogens (tertiary/aromatic N) is 4. The van der Waals surface area contributed by atoms with Crippen molar-refractivity contribution in [1.29, 1.82) is 0 Å². The van der Waals surface area contributed by atoms with E-state index in [0.29, 0.717) is 17.2 Å². The summed E-state index contributed by atoms with van der Waals surface area (Å²) in [4.78, 5) is 25.4. The molecule has 5 nitrogen and oxygen atoms in total. The lowest BCUT2D eigenvalue weighted by atomic mass is 10.2. The fourth-order valence-corrected chi connectivity index (χ4v) is 2.61. The van der Waals surface area contributed by atoms with Gasteiger partial charge in [-0.2, -0.15) is 0 Å². The molecular formula is C16H18N4O. The van der Waals surface area contributed by atoms with E-state index in [1.165, 1.54) is 0 Å². The van der Waals surface area contributed by atoms with Crippen LogP contribution >= 0.6 is 0 Å². The average Bonchev–Trinajstić information content (AvgIpc) is 2.57. The lowest BCUT2D eigenvalue weighted by Gasteiger charge is -2.24. The minimum absolute atomic E-state index is 0.0777. The molecule has 0 unspecified atom stereocenters. The Morgan fingerprint density at radius 1 is 1.24 bits per heavy atom. The van der Waals surface area contributed by atoms with Crippen LogP contribution in [-0.2, 0) is 0 Å². The van der Waals surface area contributed by atoms with Gasteiger partial charge in [0.2, 0.25) is 0 Å². The van der Waals surface area contributed by atoms with E-state index >= 15 is 0 Å². The maximum absolute atomic E-state index is 12.7. The Morgan fingerprint density at radius 2 is 2.00 bits per heavy atom. The number of amides is 1. The molecule has 0 saturated carbocycles. The van der Waals surface area contributed by atoms with Crippen LogP contribution in [-0.4, -0.2) is 29.5 Å². The van der Waals surface area contributed by atoms with Gasteiger partial charge in [-0.15, -0.1) is 0 Å². The van der Waals surface area contributed by atoms with Crippen LogP contribution in [0.2, 0.25) is 0 Å². The fourth-order valence-electron chi connectivity index (χ4n) is 2.61. The van der Waals surface area contributed by atoms with Crippen LogP contribution < -0.4 is 9.80 Å². The number of rotatable bonds is 1. The Hall–Kier alpha value is -2.43. The normalized spacial score (nSPS) is 13.8. The second-order valence-corrected chi connectivity index (χ2v) is 5.22. The number of fused-ring (bicyclic) bond motifs is 2. The van der Waals surface area contributed by atoms with Gasteiger partial charge in [0.1, 0.15) is 5.82 Å². The Balaban J connectivity index is 2.34. The van der Waals surface area contributed by atoms with E-state index in [0.717, 1.165) is 23.5 Å². The van der Waals surface area contributed by atoms with Gasteiger partial charge in [0.25, 0.3) is 5.91 Å². The molecule has 108 valence electrons. The quantitative estimate of drug-likeness (QED) is 0.807. The lowest BCUT2D eigenvalue weighted by molar-refractivity contribution is 0.0993. The second-order valence-electron chi connectivity index (χ2n) is 5.22. The summed E-state index contributed by atoms with van der Waals surface area (Å²) < 4.78 is 0. The molecule has 0 N–H and O–H groups in total. The lowest BCUT2D eigenvalue weighted by Crippen LogP contribution is -2.26. The summed E-state index contributed by atoms with van der Waals surface area (Å²) in [7, 11) is 1.76. The Labute approximate surface area is 124 Å². The van der Waals surface area contributed by atoms with Crippen molar-refractivity contribution in [2.45, 2.75) is 20.8 Å². The zero-order valence-electron chi connectivity index (χ0n) is 12.7. The van der Waals surface area contributed by atoms with Gasteiger partial charge in [-0.25, -0.2) is 9.97 Å². The molecule has 0 saturated heterocycles. The minimum Gasteiger partial charge on any atom is -0.323 e. The molecule has 0 aliphatic carbocycles. The zero-order valence-corrected chi connectivity index (χ0v) is 12.7. The topological polar surface area (TPSA) is 49.3 Å². The predicted octanol–water partition coefficient (Wildman–Crippen LogP) is 2.84. The summed E-state index contributed by atoms with van der Waals surface area (Å²) in [5.41, 5.74) is 3.57. The molecule has 3 heterocycles. The van der Waals surface area contributed by atoms with Crippen molar-refractivity contribution in [3.05, 3.63) is 41.2 Å². The van der Waals surface area contributed by atoms with Gasteiger partial charge in [0, 0.05) is 25.5 Å². The van der Waals surface area contributed by atoms with Crippen molar-refractivity contribution in [2.24, 2.45) is 0 Å². The first-order chi connectivity index (χ1) is 10.0. The van der Waals surface area contributed by atoms with E-state index in [-0.39, 0.29) is 5.91 Å². The monoisotopic (exact) mass is 282 g/mol. The van der Waals surface area contributed by atoms with Crippen LogP contribution in [0.15, 0.2) is 24.4 Å². The Bertz CT molecular complexity index is 726. The Kier molecular flexibility index (Phi) is 3.12. The number of carbonyl (C=O) groups excluding carboxylic acids is 1. The molecule has 0 bridgehead atoms. The number of aromatic nitrogens is 2. The summed E-state index contributed by atoms with van der Waals surface area (Å²) in [6.07, 6.45) is 1.72. The third-order valence-electron chi connectivity index (χ3n) is 3.93. The third kappa shape index (κ3) is 1.96. The van der Waals surface area contributed by atoms with Gasteiger partial charge < -0.3 is 4.90 Å². The zero-order chi connectivity index (χ0) is 15.1. The molecular weight excluding hydrogens is 264 g/mol. The highest BCUT2D eigenvalue weighted by Crippen LogP contribution is 2.38. The molecule has 2 aromatic heterocycles. The number of anilines is 3. The molecule has 21 heavy (non-hydrogen) atoms. The summed E-state index contributed by atoms with van der Waals surface area (Å²) >= 11 is 0. The van der Waals surface area contributed by atoms with Crippen LogP contribution in [0.4, 0.5) is 17.3 Å². The predicted molar refractivity (Wildman–Crippen MR) is 83.4 cm³/mol. The number of carbonyl (C=O) groups is 1. The second kappa shape index (κ2) is 4.84. The summed E-state index contributed by atoms with van der Waals surface area (Å²) in [6.45, 7) is 6.76. The van der Waals surface area contributed by atoms with Gasteiger partial charge in [-0.3, -0.25) is 9.69 Å². The Morgan fingerprint density at radius 3 is 2.71 bits per heavy atom. The molecule has 0 fully saturated rings. The molecule has 0 spiro atoms. The first-order valence-electron chi connectivity index (χ1n) is 7.03. The van der Waals surface area contributed by atoms with Gasteiger partial charge in [0.15, 0.2) is 5.82 Å². The molecule has 1 amide bonds. The van der Waals surface area contributed by atoms with E-state index in [1.807, 2.05) is 31.7 Å². The summed E-state index contributed by atoms with van der Waals surface area (Å²) in [5.74, 6) is 1.30. The first-order valence-corrected chi connectivity index (χ1v) is 7.03. The van der Waals surface area contributed by atoms with Crippen molar-refractivity contribution in [3.8, 4) is 0 Å². The molecule has 1 aliphatic heterocycles. The van der Waals surface area contributed by atoms with Crippen molar-refractivity contribution < 1.29 is 4.79 Å². The molecule has 2 aromatic rings. The van der Waals surface area contributed by atoms with Crippen molar-refractivity contribution in [2.75, 3.05) is 23.4 Å². The summed E-state index contributed by atoms with van der Waals surface area (Å²) in [6, 6.07) is 5.68. The van der Waals surface area contributed by atoms with Crippen molar-refractivity contribution in [1.82, 2.24) is 9.97 Å². The number of pyridine rings is 2. The van der Waals surface area contributed by atoms with E-state index in [1.54, 1.807) is 24.2 Å². The number of aryl methyl sites for hydroxylation is 2. The van der Waals surface area contributed by atoms with E-state index in [2.05, 4.69) is 16.0 Å². The van der Waals surface area contributed by atoms with Crippen LogP contribution in [0.3, 0.4) is 0 Å². The van der Waals surface area contributed by atoms with Crippen molar-refractivity contribution in [3.63, 3.8) is 0 Å². The van der Waals surface area contributed by atoms with Crippen molar-refractivity contribution >= 4 is 23.2 Å². The smallest absolute Gasteiger partial charge is 0.262 e. The van der Waals surface area contributed by atoms with Crippen LogP contribution in [0, 0.1) is 13.8 Å². The SMILES string of the molecule is CCN1c2cc(C)c(C)nc2N(C)C(=O)c2cccnc21. The maximum atomic E-state index is 12.7. The molecule has 0 atom stereocenters. The van der Waals surface area contributed by atoms with Crippen LogP contribution in [0.5, 0.6) is 0 Å². The molecule has 3 rings (SSSR count). The number of hydrogen-bond donors (Lipinski definition) is 0. The van der Waals surface area contributed by atoms with Crippen LogP contribution in [0.1, 0.15) is 28.5 Å². The molecule has 1 aliphatic rings. The largest absolute Gasteiger partial charge is 0.323 e. The first kappa shape index (κ1) is 13.5. The van der Waals surface area contributed by atoms with Gasteiger partial charge in [-0.05, 0) is 44.5 Å².